The number of ether oxygens (including phenoxy) is 1. The number of hydrogen-bond acceptors (Lipinski definition) is 6. The topological polar surface area (TPSA) is 90.9 Å². The molecular formula is C19H21ClFN3O4S. The second-order valence-corrected chi connectivity index (χ2v) is 8.21. The number of nitrogens with zero attached hydrogens (tertiary/aromatic N) is 1. The van der Waals surface area contributed by atoms with Crippen LogP contribution >= 0.6 is 22.9 Å². The van der Waals surface area contributed by atoms with Crippen LogP contribution in [0.15, 0.2) is 30.3 Å². The number of aliphatic hydroxyl groups is 1. The van der Waals surface area contributed by atoms with E-state index in [0.717, 1.165) is 24.2 Å². The van der Waals surface area contributed by atoms with Crippen molar-refractivity contribution in [2.24, 2.45) is 0 Å². The molecule has 0 spiro atoms. The summed E-state index contributed by atoms with van der Waals surface area (Å²) in [6.45, 7) is 0.528. The van der Waals surface area contributed by atoms with Crippen LogP contribution < -0.4 is 20.3 Å². The van der Waals surface area contributed by atoms with Gasteiger partial charge >= 0.3 is 6.09 Å². The van der Waals surface area contributed by atoms with E-state index < -0.39 is 18.0 Å². The zero-order valence-corrected chi connectivity index (χ0v) is 17.1. The smallest absolute Gasteiger partial charge is 0.399 e. The van der Waals surface area contributed by atoms with Gasteiger partial charge in [0.1, 0.15) is 5.82 Å². The van der Waals surface area contributed by atoms with Gasteiger partial charge in [-0.05, 0) is 43.2 Å². The number of carbonyl (C=O) groups is 2. The van der Waals surface area contributed by atoms with Gasteiger partial charge in [-0.3, -0.25) is 4.79 Å². The van der Waals surface area contributed by atoms with Crippen LogP contribution in [0.25, 0.3) is 0 Å². The van der Waals surface area contributed by atoms with Crippen molar-refractivity contribution in [2.75, 3.05) is 29.9 Å². The lowest BCUT2D eigenvalue weighted by molar-refractivity contribution is -0.119. The number of amides is 2. The van der Waals surface area contributed by atoms with Crippen LogP contribution in [0.3, 0.4) is 0 Å². The number of thiophene rings is 1. The van der Waals surface area contributed by atoms with E-state index >= 15 is 0 Å². The Hall–Kier alpha value is -2.36. The van der Waals surface area contributed by atoms with E-state index in [2.05, 4.69) is 10.6 Å². The normalized spacial score (nSPS) is 15.1. The first-order valence-electron chi connectivity index (χ1n) is 9.15. The molecule has 3 rings (SSSR count). The zero-order chi connectivity index (χ0) is 20.8. The van der Waals surface area contributed by atoms with Gasteiger partial charge in [0.2, 0.25) is 5.91 Å². The lowest BCUT2D eigenvalue weighted by Crippen LogP contribution is -2.37. The molecular weight excluding hydrogens is 421 g/mol. The second-order valence-electron chi connectivity index (χ2n) is 6.53. The first kappa shape index (κ1) is 21.4. The third kappa shape index (κ3) is 6.06. The van der Waals surface area contributed by atoms with Crippen LogP contribution in [0.1, 0.15) is 19.3 Å². The summed E-state index contributed by atoms with van der Waals surface area (Å²) in [6.07, 6.45) is 0.552. The number of anilines is 2. The molecule has 156 valence electrons. The fraction of sp³-hybridized carbons (Fsp3) is 0.368. The molecule has 0 aliphatic carbocycles. The van der Waals surface area contributed by atoms with Crippen molar-refractivity contribution in [2.45, 2.75) is 25.4 Å². The summed E-state index contributed by atoms with van der Waals surface area (Å²) >= 11 is 6.87. The van der Waals surface area contributed by atoms with Gasteiger partial charge in [-0.15, -0.1) is 0 Å². The van der Waals surface area contributed by atoms with Gasteiger partial charge in [0.25, 0.3) is 0 Å². The number of benzene rings is 1. The summed E-state index contributed by atoms with van der Waals surface area (Å²) in [7, 11) is 0. The molecule has 7 nitrogen and oxygen atoms in total. The Morgan fingerprint density at radius 3 is 2.83 bits per heavy atom. The van der Waals surface area contributed by atoms with Gasteiger partial charge in [-0.2, -0.15) is 0 Å². The first-order valence-corrected chi connectivity index (χ1v) is 10.3. The number of aliphatic hydroxyl groups excluding tert-OH is 1. The molecule has 2 amide bonds. The number of carbonyl (C=O) groups excluding carboxylic acids is 2. The van der Waals surface area contributed by atoms with Crippen molar-refractivity contribution in [3.05, 3.63) is 40.5 Å². The van der Waals surface area contributed by atoms with E-state index in [0.29, 0.717) is 28.1 Å². The number of halogens is 2. The summed E-state index contributed by atoms with van der Waals surface area (Å²) < 4.78 is 19.9. The fourth-order valence-electron chi connectivity index (χ4n) is 2.88. The standard InChI is InChI=1S/C19H21ClFN3O4S/c20-16-6-7-18(29-16)28-19(27)23-11-13(25)10-22-15-5-4-12(9-14(15)21)24-8-2-1-3-17(24)26/h4-7,9,13,22,25H,1-3,8,10-11H2,(H,23,27)/t13-/m1/s1. The molecule has 1 atom stereocenters. The van der Waals surface area contributed by atoms with E-state index in [1.54, 1.807) is 23.1 Å². The number of nitrogens with one attached hydrogen (secondary N) is 2. The van der Waals surface area contributed by atoms with Gasteiger partial charge in [0, 0.05) is 31.7 Å². The van der Waals surface area contributed by atoms with Gasteiger partial charge in [-0.25, -0.2) is 9.18 Å². The number of piperidine rings is 1. The molecule has 1 aliphatic rings. The van der Waals surface area contributed by atoms with E-state index in [4.69, 9.17) is 16.3 Å². The Morgan fingerprint density at radius 2 is 2.14 bits per heavy atom. The Labute approximate surface area is 176 Å². The summed E-state index contributed by atoms with van der Waals surface area (Å²) in [6, 6.07) is 7.67. The van der Waals surface area contributed by atoms with Crippen LogP contribution in [0, 0.1) is 5.82 Å². The average molecular weight is 442 g/mol. The Bertz CT molecular complexity index is 879. The first-order chi connectivity index (χ1) is 13.9. The number of rotatable bonds is 7. The van der Waals surface area contributed by atoms with Crippen molar-refractivity contribution >= 4 is 46.3 Å². The van der Waals surface area contributed by atoms with E-state index in [1.165, 1.54) is 12.1 Å². The molecule has 0 unspecified atom stereocenters. The monoisotopic (exact) mass is 441 g/mol. The minimum atomic E-state index is -0.961. The third-order valence-electron chi connectivity index (χ3n) is 4.34. The Balaban J connectivity index is 1.45. The minimum Gasteiger partial charge on any atom is -0.399 e. The summed E-state index contributed by atoms with van der Waals surface area (Å²) in [5.74, 6) is -0.524. The molecule has 1 saturated heterocycles. The van der Waals surface area contributed by atoms with Gasteiger partial charge in [0.05, 0.1) is 16.1 Å². The van der Waals surface area contributed by atoms with Crippen molar-refractivity contribution < 1.29 is 23.8 Å². The van der Waals surface area contributed by atoms with Crippen LogP contribution in [0.5, 0.6) is 5.06 Å². The molecule has 29 heavy (non-hydrogen) atoms. The molecule has 0 bridgehead atoms. The largest absolute Gasteiger partial charge is 0.413 e. The maximum atomic E-state index is 14.4. The second kappa shape index (κ2) is 9.91. The van der Waals surface area contributed by atoms with Gasteiger partial charge in [0.15, 0.2) is 5.06 Å². The lowest BCUT2D eigenvalue weighted by atomic mass is 10.1. The fourth-order valence-corrected chi connectivity index (χ4v) is 3.75. The van der Waals surface area contributed by atoms with Gasteiger partial charge in [-0.1, -0.05) is 22.9 Å². The predicted molar refractivity (Wildman–Crippen MR) is 110 cm³/mol. The summed E-state index contributed by atoms with van der Waals surface area (Å²) in [5.41, 5.74) is 0.726. The molecule has 0 radical (unpaired) electrons. The quantitative estimate of drug-likeness (QED) is 0.610. The van der Waals surface area contributed by atoms with Crippen molar-refractivity contribution in [3.8, 4) is 5.06 Å². The molecule has 1 aliphatic heterocycles. The maximum Gasteiger partial charge on any atom is 0.413 e. The molecule has 0 saturated carbocycles. The molecule has 1 aromatic heterocycles. The molecule has 1 fully saturated rings. The minimum absolute atomic E-state index is 0.00504. The van der Waals surface area contributed by atoms with Crippen LogP contribution in [-0.2, 0) is 4.79 Å². The highest BCUT2D eigenvalue weighted by molar-refractivity contribution is 7.17. The van der Waals surface area contributed by atoms with Crippen LogP contribution in [-0.4, -0.2) is 42.8 Å². The summed E-state index contributed by atoms with van der Waals surface area (Å²) in [4.78, 5) is 25.2. The maximum absolute atomic E-state index is 14.4. The third-order valence-corrected chi connectivity index (χ3v) is 5.45. The Morgan fingerprint density at radius 1 is 1.31 bits per heavy atom. The highest BCUT2D eigenvalue weighted by Gasteiger charge is 2.20. The van der Waals surface area contributed by atoms with E-state index in [-0.39, 0.29) is 24.7 Å². The highest BCUT2D eigenvalue weighted by atomic mass is 35.5. The lowest BCUT2D eigenvalue weighted by Gasteiger charge is -2.27. The zero-order valence-electron chi connectivity index (χ0n) is 15.5. The Kier molecular flexibility index (Phi) is 7.29. The number of hydrogen-bond donors (Lipinski definition) is 3. The van der Waals surface area contributed by atoms with Crippen molar-refractivity contribution in [1.82, 2.24) is 5.32 Å². The van der Waals surface area contributed by atoms with E-state index in [1.807, 2.05) is 0 Å². The van der Waals surface area contributed by atoms with Crippen molar-refractivity contribution in [3.63, 3.8) is 0 Å². The molecule has 2 heterocycles. The molecule has 2 aromatic rings. The van der Waals surface area contributed by atoms with Gasteiger partial charge < -0.3 is 25.4 Å². The average Bonchev–Trinajstić information content (AvgIpc) is 3.10. The van der Waals surface area contributed by atoms with Crippen LogP contribution in [0.2, 0.25) is 4.34 Å². The van der Waals surface area contributed by atoms with Crippen LogP contribution in [0.4, 0.5) is 20.6 Å². The predicted octanol–water partition coefficient (Wildman–Crippen LogP) is 3.62. The summed E-state index contributed by atoms with van der Waals surface area (Å²) in [5, 5.41) is 15.5. The highest BCUT2D eigenvalue weighted by Crippen LogP contribution is 2.28. The molecule has 3 N–H and O–H groups in total. The van der Waals surface area contributed by atoms with Crippen molar-refractivity contribution in [1.29, 1.82) is 0 Å². The molecule has 1 aromatic carbocycles. The van der Waals surface area contributed by atoms with E-state index in [9.17, 15) is 19.1 Å². The molecule has 10 heteroatoms. The SMILES string of the molecule is O=C(NC[C@H](O)CNc1ccc(N2CCCCC2=O)cc1F)Oc1ccc(Cl)s1.